The molecule has 3 heterocycles. The molecule has 0 saturated heterocycles. The van der Waals surface area contributed by atoms with Gasteiger partial charge >= 0.3 is 0 Å². The molecule has 0 saturated carbocycles. The Morgan fingerprint density at radius 2 is 2.00 bits per heavy atom. The van der Waals surface area contributed by atoms with E-state index in [2.05, 4.69) is 21.6 Å². The maximum Gasteiger partial charge on any atom is 0.235 e. The minimum Gasteiger partial charge on any atom is -0.467 e. The molecule has 1 aliphatic carbocycles. The average molecular weight is 490 g/mol. The van der Waals surface area contributed by atoms with Gasteiger partial charge in [0.2, 0.25) is 5.91 Å². The number of aromatic nitrogens is 3. The smallest absolute Gasteiger partial charge is 0.235 e. The quantitative estimate of drug-likeness (QED) is 0.271. The van der Waals surface area contributed by atoms with Gasteiger partial charge in [0.25, 0.3) is 0 Å². The molecule has 0 unspecified atom stereocenters. The second-order valence-electron chi connectivity index (χ2n) is 8.05. The van der Waals surface area contributed by atoms with Gasteiger partial charge in [0.15, 0.2) is 11.0 Å². The van der Waals surface area contributed by atoms with Gasteiger partial charge in [0, 0.05) is 10.4 Å². The summed E-state index contributed by atoms with van der Waals surface area (Å²) in [5, 5.41) is 22.7. The fourth-order valence-corrected chi connectivity index (χ4v) is 6.13. The van der Waals surface area contributed by atoms with Crippen molar-refractivity contribution < 1.29 is 9.21 Å². The molecule has 1 N–H and O–H groups in total. The van der Waals surface area contributed by atoms with Crippen LogP contribution in [0.15, 0.2) is 58.3 Å². The third kappa shape index (κ3) is 4.79. The summed E-state index contributed by atoms with van der Waals surface area (Å²) in [4.78, 5) is 14.1. The lowest BCUT2D eigenvalue weighted by Gasteiger charge is -2.09. The number of benzene rings is 1. The fraction of sp³-hybridized carbons (Fsp3) is 0.280. The van der Waals surface area contributed by atoms with Crippen molar-refractivity contribution in [2.45, 2.75) is 43.8 Å². The minimum absolute atomic E-state index is 0.160. The number of fused-ring (bicyclic) bond motifs is 1. The summed E-state index contributed by atoms with van der Waals surface area (Å²) >= 11 is 2.87. The van der Waals surface area contributed by atoms with Crippen molar-refractivity contribution in [3.8, 4) is 17.5 Å². The SMILES string of the molecule is N#Cc1c(NC(=O)CSc2nnc(-c3ccccc3)n2Cc2ccco2)sc2c1CCCCC2. The lowest BCUT2D eigenvalue weighted by atomic mass is 10.1. The van der Waals surface area contributed by atoms with E-state index < -0.39 is 0 Å². The highest BCUT2D eigenvalue weighted by atomic mass is 32.2. The molecule has 0 aliphatic heterocycles. The normalized spacial score (nSPS) is 13.1. The molecule has 172 valence electrons. The molecule has 1 aliphatic rings. The maximum atomic E-state index is 12.8. The van der Waals surface area contributed by atoms with E-state index >= 15 is 0 Å². The van der Waals surface area contributed by atoms with Crippen molar-refractivity contribution in [1.82, 2.24) is 14.8 Å². The van der Waals surface area contributed by atoms with Crippen molar-refractivity contribution in [1.29, 1.82) is 5.26 Å². The number of thioether (sulfide) groups is 1. The van der Waals surface area contributed by atoms with Gasteiger partial charge in [-0.3, -0.25) is 9.36 Å². The van der Waals surface area contributed by atoms with Crippen molar-refractivity contribution in [2.24, 2.45) is 0 Å². The lowest BCUT2D eigenvalue weighted by Crippen LogP contribution is -2.15. The van der Waals surface area contributed by atoms with Crippen LogP contribution in [0.4, 0.5) is 5.00 Å². The maximum absolute atomic E-state index is 12.8. The largest absolute Gasteiger partial charge is 0.467 e. The molecule has 0 fully saturated rings. The number of carbonyl (C=O) groups excluding carboxylic acids is 1. The highest BCUT2D eigenvalue weighted by Gasteiger charge is 2.22. The molecule has 5 rings (SSSR count). The van der Waals surface area contributed by atoms with Crippen molar-refractivity contribution in [3.63, 3.8) is 0 Å². The molecule has 3 aromatic heterocycles. The molecule has 4 aromatic rings. The first-order valence-electron chi connectivity index (χ1n) is 11.2. The highest BCUT2D eigenvalue weighted by Crippen LogP contribution is 2.37. The number of carbonyl (C=O) groups is 1. The first-order valence-corrected chi connectivity index (χ1v) is 13.0. The average Bonchev–Trinajstić information content (AvgIpc) is 3.55. The van der Waals surface area contributed by atoms with Crippen LogP contribution in [0.5, 0.6) is 0 Å². The predicted octanol–water partition coefficient (Wildman–Crippen LogP) is 5.52. The van der Waals surface area contributed by atoms with Gasteiger partial charge in [-0.05, 0) is 43.4 Å². The third-order valence-electron chi connectivity index (χ3n) is 5.76. The van der Waals surface area contributed by atoms with Crippen LogP contribution >= 0.6 is 23.1 Å². The summed E-state index contributed by atoms with van der Waals surface area (Å²) in [5.41, 5.74) is 2.70. The summed E-state index contributed by atoms with van der Waals surface area (Å²) < 4.78 is 7.50. The highest BCUT2D eigenvalue weighted by molar-refractivity contribution is 7.99. The van der Waals surface area contributed by atoms with E-state index in [1.165, 1.54) is 23.1 Å². The van der Waals surface area contributed by atoms with Crippen molar-refractivity contribution in [3.05, 3.63) is 70.5 Å². The Kier molecular flexibility index (Phi) is 6.79. The molecule has 0 spiro atoms. The molecule has 9 heteroatoms. The second-order valence-corrected chi connectivity index (χ2v) is 10.1. The van der Waals surface area contributed by atoms with Gasteiger partial charge in [-0.1, -0.05) is 48.5 Å². The van der Waals surface area contributed by atoms with Gasteiger partial charge in [0.05, 0.1) is 24.1 Å². The van der Waals surface area contributed by atoms with Crippen LogP contribution in [0.3, 0.4) is 0 Å². The first kappa shape index (κ1) is 22.4. The fourth-order valence-electron chi connectivity index (χ4n) is 4.14. The zero-order valence-electron chi connectivity index (χ0n) is 18.5. The van der Waals surface area contributed by atoms with Crippen LogP contribution in [0, 0.1) is 11.3 Å². The van der Waals surface area contributed by atoms with E-state index in [4.69, 9.17) is 4.42 Å². The molecular weight excluding hydrogens is 466 g/mol. The van der Waals surface area contributed by atoms with Crippen LogP contribution < -0.4 is 5.32 Å². The third-order valence-corrected chi connectivity index (χ3v) is 7.94. The summed E-state index contributed by atoms with van der Waals surface area (Å²) in [6.45, 7) is 0.463. The van der Waals surface area contributed by atoms with Crippen LogP contribution in [-0.2, 0) is 24.2 Å². The number of nitriles is 1. The standard InChI is InChI=1S/C25H23N5O2S2/c26-14-20-19-11-5-2-6-12-21(19)34-24(20)27-22(31)16-33-25-29-28-23(17-8-3-1-4-9-17)30(25)15-18-10-7-13-32-18/h1,3-4,7-10,13H,2,5-6,11-12,15-16H2,(H,27,31). The molecule has 0 atom stereocenters. The molecule has 34 heavy (non-hydrogen) atoms. The van der Waals surface area contributed by atoms with E-state index in [9.17, 15) is 10.1 Å². The Bertz CT molecular complexity index is 1320. The number of thiophene rings is 1. The number of hydrogen-bond acceptors (Lipinski definition) is 7. The van der Waals surface area contributed by atoms with Crippen LogP contribution in [0.2, 0.25) is 0 Å². The number of nitrogens with zero attached hydrogens (tertiary/aromatic N) is 4. The molecule has 1 amide bonds. The van der Waals surface area contributed by atoms with E-state index in [1.807, 2.05) is 47.0 Å². The minimum atomic E-state index is -0.160. The summed E-state index contributed by atoms with van der Waals surface area (Å²) in [6.07, 6.45) is 6.95. The summed E-state index contributed by atoms with van der Waals surface area (Å²) in [5.74, 6) is 1.50. The monoisotopic (exact) mass is 489 g/mol. The number of amides is 1. The second kappa shape index (κ2) is 10.3. The van der Waals surface area contributed by atoms with Gasteiger partial charge in [-0.2, -0.15) is 5.26 Å². The summed E-state index contributed by atoms with van der Waals surface area (Å²) in [6, 6.07) is 15.9. The van der Waals surface area contributed by atoms with Gasteiger partial charge < -0.3 is 9.73 Å². The van der Waals surface area contributed by atoms with E-state index in [1.54, 1.807) is 17.6 Å². The molecular formula is C25H23N5O2S2. The number of rotatable bonds is 7. The van der Waals surface area contributed by atoms with E-state index in [0.29, 0.717) is 28.1 Å². The predicted molar refractivity (Wildman–Crippen MR) is 133 cm³/mol. The number of aryl methyl sites for hydroxylation is 1. The van der Waals surface area contributed by atoms with E-state index in [0.717, 1.165) is 42.6 Å². The Morgan fingerprint density at radius 3 is 2.79 bits per heavy atom. The Labute approximate surface area is 205 Å². The van der Waals surface area contributed by atoms with Crippen LogP contribution in [0.1, 0.15) is 41.0 Å². The first-order chi connectivity index (χ1) is 16.7. The summed E-state index contributed by atoms with van der Waals surface area (Å²) in [7, 11) is 0. The van der Waals surface area contributed by atoms with Gasteiger partial charge in [-0.25, -0.2) is 0 Å². The van der Waals surface area contributed by atoms with Crippen LogP contribution in [0.25, 0.3) is 11.4 Å². The molecule has 7 nitrogen and oxygen atoms in total. The number of furan rings is 1. The topological polar surface area (TPSA) is 96.7 Å². The number of hydrogen-bond donors (Lipinski definition) is 1. The Balaban J connectivity index is 1.33. The Hall–Kier alpha value is -3.35. The van der Waals surface area contributed by atoms with Crippen molar-refractivity contribution in [2.75, 3.05) is 11.1 Å². The lowest BCUT2D eigenvalue weighted by molar-refractivity contribution is -0.113. The number of nitrogens with one attached hydrogen (secondary N) is 1. The van der Waals surface area contributed by atoms with E-state index in [-0.39, 0.29) is 11.7 Å². The Morgan fingerprint density at radius 1 is 1.15 bits per heavy atom. The zero-order valence-corrected chi connectivity index (χ0v) is 20.1. The molecule has 1 aromatic carbocycles. The zero-order chi connectivity index (χ0) is 23.3. The number of anilines is 1. The van der Waals surface area contributed by atoms with Gasteiger partial charge in [-0.15, -0.1) is 21.5 Å². The van der Waals surface area contributed by atoms with Gasteiger partial charge in [0.1, 0.15) is 16.8 Å². The van der Waals surface area contributed by atoms with Crippen LogP contribution in [-0.4, -0.2) is 26.4 Å². The molecule has 0 bridgehead atoms. The molecule has 0 radical (unpaired) electrons. The van der Waals surface area contributed by atoms with Crippen molar-refractivity contribution >= 4 is 34.0 Å².